The Morgan fingerprint density at radius 3 is 2.46 bits per heavy atom. The molecule has 0 aliphatic heterocycles. The number of hydrogen-bond acceptors (Lipinski definition) is 3. The molecular formula is C9H14NO2P. The van der Waals surface area contributed by atoms with Gasteiger partial charge in [0.15, 0.2) is 0 Å². The summed E-state index contributed by atoms with van der Waals surface area (Å²) in [5, 5.41) is 0.790. The van der Waals surface area contributed by atoms with Gasteiger partial charge in [-0.2, -0.15) is 0 Å². The maximum absolute atomic E-state index is 11.7. The molecule has 0 bridgehead atoms. The van der Waals surface area contributed by atoms with E-state index in [2.05, 4.69) is 0 Å². The van der Waals surface area contributed by atoms with E-state index in [1.54, 1.807) is 38.6 Å². The summed E-state index contributed by atoms with van der Waals surface area (Å²) in [6, 6.07) is 5.22. The second kappa shape index (κ2) is 3.43. The zero-order chi connectivity index (χ0) is 10.1. The maximum atomic E-state index is 11.7. The van der Waals surface area contributed by atoms with Crippen molar-refractivity contribution in [2.24, 2.45) is 0 Å². The van der Waals surface area contributed by atoms with Crippen molar-refractivity contribution < 1.29 is 9.30 Å². The third-order valence-electron chi connectivity index (χ3n) is 1.84. The van der Waals surface area contributed by atoms with E-state index in [1.807, 2.05) is 0 Å². The van der Waals surface area contributed by atoms with Gasteiger partial charge < -0.3 is 15.0 Å². The first-order valence-corrected chi connectivity index (χ1v) is 6.54. The molecule has 2 N–H and O–H groups in total. The van der Waals surface area contributed by atoms with Crippen LogP contribution in [0.1, 0.15) is 0 Å². The molecule has 1 rings (SSSR count). The molecule has 1 aromatic carbocycles. The smallest absolute Gasteiger partial charge is 0.142 e. The van der Waals surface area contributed by atoms with Gasteiger partial charge in [0.1, 0.15) is 12.9 Å². The normalized spacial score (nSPS) is 11.3. The Bertz CT molecular complexity index is 357. The van der Waals surface area contributed by atoms with Crippen LogP contribution in [-0.4, -0.2) is 20.4 Å². The lowest BCUT2D eigenvalue weighted by Crippen LogP contribution is -2.04. The predicted octanol–water partition coefficient (Wildman–Crippen LogP) is 1.53. The summed E-state index contributed by atoms with van der Waals surface area (Å²) in [5.74, 6) is 0.585. The molecule has 0 amide bonds. The van der Waals surface area contributed by atoms with Gasteiger partial charge in [-0.25, -0.2) is 0 Å². The highest BCUT2D eigenvalue weighted by molar-refractivity contribution is 7.70. The largest absolute Gasteiger partial charge is 0.495 e. The van der Waals surface area contributed by atoms with Crippen molar-refractivity contribution in [1.82, 2.24) is 0 Å². The van der Waals surface area contributed by atoms with Gasteiger partial charge in [0.2, 0.25) is 0 Å². The topological polar surface area (TPSA) is 52.3 Å². The van der Waals surface area contributed by atoms with Crippen molar-refractivity contribution in [2.45, 2.75) is 0 Å². The van der Waals surface area contributed by atoms with E-state index < -0.39 is 7.14 Å². The Balaban J connectivity index is 3.22. The molecule has 72 valence electrons. The van der Waals surface area contributed by atoms with E-state index in [-0.39, 0.29) is 0 Å². The number of rotatable bonds is 2. The van der Waals surface area contributed by atoms with E-state index in [4.69, 9.17) is 10.5 Å². The predicted molar refractivity (Wildman–Crippen MR) is 56.5 cm³/mol. The fraction of sp³-hybridized carbons (Fsp3) is 0.333. The van der Waals surface area contributed by atoms with Crippen molar-refractivity contribution in [3.05, 3.63) is 18.2 Å². The molecular weight excluding hydrogens is 185 g/mol. The van der Waals surface area contributed by atoms with Crippen molar-refractivity contribution in [2.75, 3.05) is 26.2 Å². The highest BCUT2D eigenvalue weighted by atomic mass is 31.2. The summed E-state index contributed by atoms with van der Waals surface area (Å²) in [6.07, 6.45) is 0. The number of benzene rings is 1. The zero-order valence-corrected chi connectivity index (χ0v) is 8.97. The van der Waals surface area contributed by atoms with Gasteiger partial charge in [-0.3, -0.25) is 0 Å². The molecule has 3 nitrogen and oxygen atoms in total. The van der Waals surface area contributed by atoms with Crippen LogP contribution in [0.25, 0.3) is 0 Å². The van der Waals surface area contributed by atoms with Crippen LogP contribution >= 0.6 is 7.14 Å². The lowest BCUT2D eigenvalue weighted by Gasteiger charge is -2.10. The number of anilines is 1. The van der Waals surface area contributed by atoms with Gasteiger partial charge in [-0.15, -0.1) is 0 Å². The lowest BCUT2D eigenvalue weighted by atomic mass is 10.3. The highest BCUT2D eigenvalue weighted by Gasteiger charge is 2.12. The summed E-state index contributed by atoms with van der Waals surface area (Å²) in [7, 11) is -0.666. The van der Waals surface area contributed by atoms with E-state index in [9.17, 15) is 4.57 Å². The zero-order valence-electron chi connectivity index (χ0n) is 8.07. The van der Waals surface area contributed by atoms with Crippen LogP contribution in [0.2, 0.25) is 0 Å². The number of hydrogen-bond donors (Lipinski definition) is 1. The van der Waals surface area contributed by atoms with Crippen molar-refractivity contribution in [3.63, 3.8) is 0 Å². The Kier molecular flexibility index (Phi) is 2.67. The van der Waals surface area contributed by atoms with Gasteiger partial charge in [-0.05, 0) is 31.5 Å². The fourth-order valence-electron chi connectivity index (χ4n) is 1.03. The SMILES string of the molecule is COc1cc(P(C)(C)=O)ccc1N. The molecule has 0 saturated heterocycles. The summed E-state index contributed by atoms with van der Waals surface area (Å²) in [6.45, 7) is 3.44. The molecule has 0 saturated carbocycles. The molecule has 4 heteroatoms. The molecule has 0 heterocycles. The molecule has 0 unspecified atom stereocenters. The molecule has 0 aliphatic rings. The van der Waals surface area contributed by atoms with E-state index in [1.165, 1.54) is 0 Å². The minimum Gasteiger partial charge on any atom is -0.495 e. The van der Waals surface area contributed by atoms with Crippen LogP contribution < -0.4 is 15.8 Å². The van der Waals surface area contributed by atoms with Crippen molar-refractivity contribution in [3.8, 4) is 5.75 Å². The molecule has 1 aromatic rings. The van der Waals surface area contributed by atoms with Gasteiger partial charge in [0.25, 0.3) is 0 Å². The quantitative estimate of drug-likeness (QED) is 0.580. The van der Waals surface area contributed by atoms with Crippen LogP contribution in [0.3, 0.4) is 0 Å². The lowest BCUT2D eigenvalue weighted by molar-refractivity contribution is 0.417. The summed E-state index contributed by atoms with van der Waals surface area (Å²) in [5.41, 5.74) is 6.20. The van der Waals surface area contributed by atoms with Gasteiger partial charge in [0.05, 0.1) is 12.8 Å². The number of ether oxygens (including phenoxy) is 1. The third kappa shape index (κ3) is 2.25. The maximum Gasteiger partial charge on any atom is 0.142 e. The third-order valence-corrected chi connectivity index (χ3v) is 3.36. The minimum absolute atomic E-state index is 0.569. The first-order chi connectivity index (χ1) is 5.95. The second-order valence-electron chi connectivity index (χ2n) is 3.28. The monoisotopic (exact) mass is 199 g/mol. The number of nitrogens with two attached hydrogens (primary N) is 1. The Hall–Kier alpha value is -0.950. The molecule has 13 heavy (non-hydrogen) atoms. The van der Waals surface area contributed by atoms with Crippen LogP contribution in [-0.2, 0) is 4.57 Å². The van der Waals surface area contributed by atoms with Gasteiger partial charge in [0, 0.05) is 5.30 Å². The van der Waals surface area contributed by atoms with Crippen LogP contribution in [0, 0.1) is 0 Å². The summed E-state index contributed by atoms with van der Waals surface area (Å²) >= 11 is 0. The van der Waals surface area contributed by atoms with Crippen LogP contribution in [0.5, 0.6) is 5.75 Å². The Morgan fingerprint density at radius 1 is 1.38 bits per heavy atom. The summed E-state index contributed by atoms with van der Waals surface area (Å²) in [4.78, 5) is 0. The molecule has 0 radical (unpaired) electrons. The van der Waals surface area contributed by atoms with E-state index in [0.29, 0.717) is 11.4 Å². The number of methoxy groups -OCH3 is 1. The Labute approximate surface area is 78.3 Å². The minimum atomic E-state index is -2.21. The highest BCUT2D eigenvalue weighted by Crippen LogP contribution is 2.36. The fourth-order valence-corrected chi connectivity index (χ4v) is 1.90. The molecule has 0 atom stereocenters. The van der Waals surface area contributed by atoms with Gasteiger partial charge in [-0.1, -0.05) is 0 Å². The number of nitrogen functional groups attached to an aromatic ring is 1. The van der Waals surface area contributed by atoms with Crippen LogP contribution in [0.4, 0.5) is 5.69 Å². The molecule has 0 spiro atoms. The second-order valence-corrected chi connectivity index (χ2v) is 6.50. The average Bonchev–Trinajstić information content (AvgIpc) is 2.03. The standard InChI is InChI=1S/C9H14NO2P/c1-12-9-6-7(13(2,3)11)4-5-8(9)10/h4-6H,10H2,1-3H3. The first kappa shape index (κ1) is 10.1. The average molecular weight is 199 g/mol. The Morgan fingerprint density at radius 2 is 2.00 bits per heavy atom. The molecule has 0 aromatic heterocycles. The van der Waals surface area contributed by atoms with Gasteiger partial charge >= 0.3 is 0 Å². The van der Waals surface area contributed by atoms with Crippen LogP contribution in [0.15, 0.2) is 18.2 Å². The summed E-state index contributed by atoms with van der Waals surface area (Å²) < 4.78 is 16.7. The van der Waals surface area contributed by atoms with Crippen molar-refractivity contribution in [1.29, 1.82) is 0 Å². The van der Waals surface area contributed by atoms with Crippen molar-refractivity contribution >= 4 is 18.1 Å². The molecule has 0 aliphatic carbocycles. The van der Waals surface area contributed by atoms with E-state index >= 15 is 0 Å². The first-order valence-electron chi connectivity index (χ1n) is 3.94. The van der Waals surface area contributed by atoms with E-state index in [0.717, 1.165) is 5.30 Å². The molecule has 0 fully saturated rings.